The van der Waals surface area contributed by atoms with Gasteiger partial charge in [0.1, 0.15) is 11.5 Å². The molecule has 0 saturated heterocycles. The number of hydrogen-bond donors (Lipinski definition) is 2. The van der Waals surface area contributed by atoms with E-state index in [0.717, 1.165) is 0 Å². The highest BCUT2D eigenvalue weighted by Crippen LogP contribution is 2.29. The molecule has 8 nitrogen and oxygen atoms in total. The average molecular weight is 393 g/mol. The number of carbonyl (C=O) groups excluding carboxylic acids is 2. The van der Waals surface area contributed by atoms with Gasteiger partial charge >= 0.3 is 6.09 Å². The molecule has 0 aliphatic carbocycles. The number of benzene rings is 1. The fraction of sp³-hybridized carbons (Fsp3) is 0.389. The molecule has 2 aromatic rings. The molecule has 2 amide bonds. The molecule has 0 spiro atoms. The van der Waals surface area contributed by atoms with Gasteiger partial charge in [-0.3, -0.25) is 10.1 Å². The van der Waals surface area contributed by atoms with Crippen molar-refractivity contribution in [2.75, 3.05) is 31.5 Å². The summed E-state index contributed by atoms with van der Waals surface area (Å²) < 4.78 is 15.4. The normalized spacial score (nSPS) is 10.4. The zero-order chi connectivity index (χ0) is 19.8. The number of aromatic nitrogens is 1. The minimum absolute atomic E-state index is 0.0639. The molecule has 0 saturated carbocycles. The lowest BCUT2D eigenvalue weighted by Gasteiger charge is -2.11. The van der Waals surface area contributed by atoms with Crippen molar-refractivity contribution in [3.63, 3.8) is 0 Å². The van der Waals surface area contributed by atoms with Gasteiger partial charge in [-0.1, -0.05) is 13.8 Å². The Balaban J connectivity index is 1.91. The van der Waals surface area contributed by atoms with Crippen LogP contribution in [0.5, 0.6) is 11.5 Å². The maximum atomic E-state index is 12.3. The Morgan fingerprint density at radius 2 is 1.96 bits per heavy atom. The number of rotatable bonds is 8. The van der Waals surface area contributed by atoms with Crippen LogP contribution in [0, 0.1) is 5.92 Å². The maximum absolute atomic E-state index is 12.3. The quantitative estimate of drug-likeness (QED) is 0.712. The molecule has 0 radical (unpaired) electrons. The highest BCUT2D eigenvalue weighted by Gasteiger charge is 2.13. The summed E-state index contributed by atoms with van der Waals surface area (Å²) in [5.74, 6) is 1.12. The Morgan fingerprint density at radius 1 is 1.19 bits per heavy atom. The monoisotopic (exact) mass is 393 g/mol. The number of carbonyl (C=O) groups is 2. The number of nitrogens with one attached hydrogen (secondary N) is 2. The molecular weight excluding hydrogens is 370 g/mol. The van der Waals surface area contributed by atoms with Crippen molar-refractivity contribution < 1.29 is 23.8 Å². The van der Waals surface area contributed by atoms with Crippen molar-refractivity contribution in [1.82, 2.24) is 4.98 Å². The van der Waals surface area contributed by atoms with Crippen LogP contribution < -0.4 is 20.1 Å². The van der Waals surface area contributed by atoms with E-state index in [2.05, 4.69) is 15.6 Å². The van der Waals surface area contributed by atoms with Crippen molar-refractivity contribution in [2.24, 2.45) is 5.92 Å². The Morgan fingerprint density at radius 3 is 2.63 bits per heavy atom. The second kappa shape index (κ2) is 9.77. The average Bonchev–Trinajstić information content (AvgIpc) is 3.06. The zero-order valence-corrected chi connectivity index (χ0v) is 16.5. The number of anilines is 2. The van der Waals surface area contributed by atoms with Crippen molar-refractivity contribution in [3.8, 4) is 11.5 Å². The fourth-order valence-corrected chi connectivity index (χ4v) is 2.77. The van der Waals surface area contributed by atoms with Crippen molar-refractivity contribution in [1.29, 1.82) is 0 Å². The Hall–Kier alpha value is -2.81. The number of nitrogens with zero attached hydrogens (tertiary/aromatic N) is 1. The topological polar surface area (TPSA) is 98.8 Å². The van der Waals surface area contributed by atoms with E-state index in [-0.39, 0.29) is 18.2 Å². The number of methoxy groups -OCH3 is 2. The molecule has 1 heterocycles. The molecule has 2 rings (SSSR count). The number of hydrogen-bond acceptors (Lipinski definition) is 7. The Kier molecular flexibility index (Phi) is 7.42. The van der Waals surface area contributed by atoms with Crippen LogP contribution in [0.15, 0.2) is 23.6 Å². The third kappa shape index (κ3) is 6.45. The molecule has 146 valence electrons. The van der Waals surface area contributed by atoms with E-state index in [0.29, 0.717) is 34.6 Å². The largest absolute Gasteiger partial charge is 0.497 e. The van der Waals surface area contributed by atoms with E-state index in [4.69, 9.17) is 14.2 Å². The first kappa shape index (κ1) is 20.5. The van der Waals surface area contributed by atoms with Crippen molar-refractivity contribution in [2.45, 2.75) is 20.3 Å². The van der Waals surface area contributed by atoms with Gasteiger partial charge in [0.25, 0.3) is 0 Å². The molecule has 0 fully saturated rings. The zero-order valence-electron chi connectivity index (χ0n) is 15.7. The third-order valence-corrected chi connectivity index (χ3v) is 4.14. The molecule has 0 bridgehead atoms. The van der Waals surface area contributed by atoms with Crippen LogP contribution in [0.3, 0.4) is 0 Å². The summed E-state index contributed by atoms with van der Waals surface area (Å²) in [5.41, 5.74) is 1.08. The van der Waals surface area contributed by atoms with Gasteiger partial charge in [-0.05, 0) is 18.1 Å². The molecular formula is C18H23N3O5S. The van der Waals surface area contributed by atoms with Crippen LogP contribution in [0.25, 0.3) is 0 Å². The van der Waals surface area contributed by atoms with E-state index in [1.807, 2.05) is 13.8 Å². The summed E-state index contributed by atoms with van der Waals surface area (Å²) >= 11 is 1.23. The second-order valence-corrected chi connectivity index (χ2v) is 6.91. The summed E-state index contributed by atoms with van der Waals surface area (Å²) in [6.07, 6.45) is -0.494. The smallest absolute Gasteiger partial charge is 0.413 e. The molecule has 9 heteroatoms. The summed E-state index contributed by atoms with van der Waals surface area (Å²) in [4.78, 5) is 28.1. The third-order valence-electron chi connectivity index (χ3n) is 3.33. The van der Waals surface area contributed by atoms with E-state index in [1.165, 1.54) is 18.4 Å². The van der Waals surface area contributed by atoms with Crippen LogP contribution in [-0.4, -0.2) is 37.8 Å². The van der Waals surface area contributed by atoms with E-state index in [1.54, 1.807) is 30.7 Å². The SMILES string of the molecule is COc1ccc(NC(=O)Cc2csc(NC(=O)OCC(C)C)n2)c(OC)c1. The molecule has 1 aromatic carbocycles. The highest BCUT2D eigenvalue weighted by atomic mass is 32.1. The summed E-state index contributed by atoms with van der Waals surface area (Å²) in [6, 6.07) is 5.11. The van der Waals surface area contributed by atoms with Crippen molar-refractivity contribution in [3.05, 3.63) is 29.3 Å². The van der Waals surface area contributed by atoms with Crippen LogP contribution in [0.1, 0.15) is 19.5 Å². The van der Waals surface area contributed by atoms with Crippen LogP contribution in [0.2, 0.25) is 0 Å². The minimum Gasteiger partial charge on any atom is -0.497 e. The molecule has 0 unspecified atom stereocenters. The van der Waals surface area contributed by atoms with Gasteiger partial charge in [-0.25, -0.2) is 9.78 Å². The standard InChI is InChI=1S/C18H23N3O5S/c1-11(2)9-26-18(23)21-17-19-12(10-27-17)7-16(22)20-14-6-5-13(24-3)8-15(14)25-4/h5-6,8,10-11H,7,9H2,1-4H3,(H,20,22)(H,19,21,23). The number of thiazole rings is 1. The number of amides is 2. The van der Waals surface area contributed by atoms with Crippen molar-refractivity contribution >= 4 is 34.2 Å². The van der Waals surface area contributed by atoms with Crippen LogP contribution >= 0.6 is 11.3 Å². The summed E-state index contributed by atoms with van der Waals surface area (Å²) in [5, 5.41) is 7.42. The van der Waals surface area contributed by atoms with E-state index < -0.39 is 6.09 Å². The highest BCUT2D eigenvalue weighted by molar-refractivity contribution is 7.13. The van der Waals surface area contributed by atoms with Crippen LogP contribution in [-0.2, 0) is 16.0 Å². The first-order valence-corrected chi connectivity index (χ1v) is 9.19. The maximum Gasteiger partial charge on any atom is 0.413 e. The molecule has 0 aliphatic rings. The molecule has 2 N–H and O–H groups in total. The lowest BCUT2D eigenvalue weighted by atomic mass is 10.2. The van der Waals surface area contributed by atoms with Gasteiger partial charge in [-0.2, -0.15) is 0 Å². The minimum atomic E-state index is -0.558. The summed E-state index contributed by atoms with van der Waals surface area (Å²) in [6.45, 7) is 4.23. The number of ether oxygens (including phenoxy) is 3. The second-order valence-electron chi connectivity index (χ2n) is 6.05. The van der Waals surface area contributed by atoms with Gasteiger partial charge in [-0.15, -0.1) is 11.3 Å². The molecule has 1 aromatic heterocycles. The van der Waals surface area contributed by atoms with E-state index >= 15 is 0 Å². The van der Waals surface area contributed by atoms with Crippen LogP contribution in [0.4, 0.5) is 15.6 Å². The van der Waals surface area contributed by atoms with Gasteiger partial charge in [0.2, 0.25) is 5.91 Å². The lowest BCUT2D eigenvalue weighted by Crippen LogP contribution is -2.17. The predicted molar refractivity (Wildman–Crippen MR) is 104 cm³/mol. The van der Waals surface area contributed by atoms with Gasteiger partial charge in [0.15, 0.2) is 5.13 Å². The Bertz CT molecular complexity index is 791. The first-order chi connectivity index (χ1) is 12.9. The van der Waals surface area contributed by atoms with Gasteiger partial charge in [0.05, 0.1) is 38.6 Å². The Labute approximate surface area is 161 Å². The first-order valence-electron chi connectivity index (χ1n) is 8.31. The molecule has 27 heavy (non-hydrogen) atoms. The lowest BCUT2D eigenvalue weighted by molar-refractivity contribution is -0.115. The molecule has 0 aliphatic heterocycles. The summed E-state index contributed by atoms with van der Waals surface area (Å²) in [7, 11) is 3.07. The van der Waals surface area contributed by atoms with Gasteiger partial charge < -0.3 is 19.5 Å². The van der Waals surface area contributed by atoms with Gasteiger partial charge in [0, 0.05) is 11.4 Å². The molecule has 0 atom stereocenters. The predicted octanol–water partition coefficient (Wildman–Crippen LogP) is 3.55. The van der Waals surface area contributed by atoms with E-state index in [9.17, 15) is 9.59 Å². The fourth-order valence-electron chi connectivity index (χ4n) is 2.07.